The highest BCUT2D eigenvalue weighted by Gasteiger charge is 2.14. The molecule has 1 atom stereocenters. The van der Waals surface area contributed by atoms with Crippen LogP contribution in [0, 0.1) is 13.8 Å². The summed E-state index contributed by atoms with van der Waals surface area (Å²) in [6.45, 7) is 10.1. The van der Waals surface area contributed by atoms with Gasteiger partial charge in [0.25, 0.3) is 5.91 Å². The van der Waals surface area contributed by atoms with Gasteiger partial charge in [0.05, 0.1) is 0 Å². The number of rotatable bonds is 6. The van der Waals surface area contributed by atoms with Crippen LogP contribution in [0.3, 0.4) is 0 Å². The van der Waals surface area contributed by atoms with E-state index < -0.39 is 0 Å². The number of benzene rings is 1. The summed E-state index contributed by atoms with van der Waals surface area (Å²) in [6, 6.07) is 8.03. The summed E-state index contributed by atoms with van der Waals surface area (Å²) in [6.07, 6.45) is 1.84. The second kappa shape index (κ2) is 7.90. The molecule has 128 valence electrons. The number of amides is 1. The van der Waals surface area contributed by atoms with Gasteiger partial charge in [0.15, 0.2) is 0 Å². The average molecular weight is 326 g/mol. The molecule has 0 saturated carbocycles. The van der Waals surface area contributed by atoms with Crippen LogP contribution >= 0.6 is 0 Å². The number of nitrogens with zero attached hydrogens (tertiary/aromatic N) is 2. The summed E-state index contributed by atoms with van der Waals surface area (Å²) >= 11 is 0. The minimum Gasteiger partial charge on any atom is -0.368 e. The Morgan fingerprint density at radius 3 is 2.62 bits per heavy atom. The van der Waals surface area contributed by atoms with E-state index in [9.17, 15) is 4.79 Å². The average Bonchev–Trinajstić information content (AvgIpc) is 2.55. The second-order valence-corrected chi connectivity index (χ2v) is 6.06. The molecule has 1 aromatic carbocycles. The van der Waals surface area contributed by atoms with Crippen molar-refractivity contribution >= 4 is 17.4 Å². The molecular formula is C19H26N4O. The topological polar surface area (TPSA) is 66.9 Å². The molecule has 2 aromatic rings. The standard InChI is InChI=1S/C19H26N4O/c1-6-13(4)20-17-11-16(21-14(5)22-17)19(24)23-18-12(3)9-8-10-15(18)7-2/h8-11,13H,6-7H2,1-5H3,(H,23,24)(H,20,21,22). The van der Waals surface area contributed by atoms with Gasteiger partial charge in [0, 0.05) is 17.8 Å². The maximum atomic E-state index is 12.7. The first-order chi connectivity index (χ1) is 11.4. The first kappa shape index (κ1) is 17.9. The van der Waals surface area contributed by atoms with Crippen LogP contribution in [0.4, 0.5) is 11.5 Å². The Morgan fingerprint density at radius 2 is 1.96 bits per heavy atom. The van der Waals surface area contributed by atoms with Crippen molar-refractivity contribution < 1.29 is 4.79 Å². The normalized spacial score (nSPS) is 11.9. The molecular weight excluding hydrogens is 300 g/mol. The van der Waals surface area contributed by atoms with Gasteiger partial charge in [-0.25, -0.2) is 9.97 Å². The zero-order chi connectivity index (χ0) is 17.7. The largest absolute Gasteiger partial charge is 0.368 e. The van der Waals surface area contributed by atoms with Crippen LogP contribution in [0.5, 0.6) is 0 Å². The van der Waals surface area contributed by atoms with Crippen molar-refractivity contribution in [3.63, 3.8) is 0 Å². The van der Waals surface area contributed by atoms with E-state index in [0.29, 0.717) is 23.4 Å². The van der Waals surface area contributed by atoms with Crippen LogP contribution in [0.1, 0.15) is 54.6 Å². The van der Waals surface area contributed by atoms with Crippen molar-refractivity contribution in [2.75, 3.05) is 10.6 Å². The van der Waals surface area contributed by atoms with Gasteiger partial charge in [-0.15, -0.1) is 0 Å². The molecule has 0 saturated heterocycles. The van der Waals surface area contributed by atoms with E-state index in [1.807, 2.05) is 25.1 Å². The third-order valence-corrected chi connectivity index (χ3v) is 4.06. The zero-order valence-corrected chi connectivity index (χ0v) is 15.1. The van der Waals surface area contributed by atoms with Crippen LogP contribution in [-0.4, -0.2) is 21.9 Å². The molecule has 0 spiro atoms. The van der Waals surface area contributed by atoms with Gasteiger partial charge in [-0.1, -0.05) is 32.0 Å². The molecule has 0 radical (unpaired) electrons. The molecule has 2 rings (SSSR count). The van der Waals surface area contributed by atoms with E-state index in [1.165, 1.54) is 0 Å². The Labute approximate surface area is 143 Å². The molecule has 1 amide bonds. The van der Waals surface area contributed by atoms with E-state index >= 15 is 0 Å². The number of aromatic nitrogens is 2. The number of carbonyl (C=O) groups is 1. The molecule has 1 unspecified atom stereocenters. The summed E-state index contributed by atoms with van der Waals surface area (Å²) in [5.74, 6) is 1.05. The van der Waals surface area contributed by atoms with E-state index in [4.69, 9.17) is 0 Å². The lowest BCUT2D eigenvalue weighted by Gasteiger charge is -2.15. The Hall–Kier alpha value is -2.43. The number of hydrogen-bond acceptors (Lipinski definition) is 4. The molecule has 0 aliphatic rings. The highest BCUT2D eigenvalue weighted by atomic mass is 16.1. The Morgan fingerprint density at radius 1 is 1.21 bits per heavy atom. The third kappa shape index (κ3) is 4.31. The lowest BCUT2D eigenvalue weighted by Crippen LogP contribution is -2.19. The molecule has 0 fully saturated rings. The minimum absolute atomic E-state index is 0.211. The van der Waals surface area contributed by atoms with Crippen molar-refractivity contribution in [3.05, 3.63) is 46.9 Å². The monoisotopic (exact) mass is 326 g/mol. The maximum absolute atomic E-state index is 12.7. The Bertz CT molecular complexity index is 727. The van der Waals surface area contributed by atoms with E-state index in [0.717, 1.165) is 29.7 Å². The predicted octanol–water partition coefficient (Wildman–Crippen LogP) is 4.12. The fourth-order valence-corrected chi connectivity index (χ4v) is 2.49. The van der Waals surface area contributed by atoms with Gasteiger partial charge < -0.3 is 10.6 Å². The molecule has 2 N–H and O–H groups in total. The fourth-order valence-electron chi connectivity index (χ4n) is 2.49. The molecule has 24 heavy (non-hydrogen) atoms. The molecule has 1 heterocycles. The van der Waals surface area contributed by atoms with Crippen molar-refractivity contribution in [2.24, 2.45) is 0 Å². The lowest BCUT2D eigenvalue weighted by molar-refractivity contribution is 0.102. The van der Waals surface area contributed by atoms with Crippen molar-refractivity contribution in [1.29, 1.82) is 0 Å². The quantitative estimate of drug-likeness (QED) is 0.838. The summed E-state index contributed by atoms with van der Waals surface area (Å²) in [5, 5.41) is 6.31. The van der Waals surface area contributed by atoms with Crippen LogP contribution < -0.4 is 10.6 Å². The van der Waals surface area contributed by atoms with Crippen molar-refractivity contribution in [1.82, 2.24) is 9.97 Å². The molecule has 5 nitrogen and oxygen atoms in total. The number of anilines is 2. The predicted molar refractivity (Wildman–Crippen MR) is 98.7 cm³/mol. The first-order valence-electron chi connectivity index (χ1n) is 8.46. The summed E-state index contributed by atoms with van der Waals surface area (Å²) in [5.41, 5.74) is 3.41. The number of nitrogens with one attached hydrogen (secondary N) is 2. The number of aryl methyl sites for hydroxylation is 3. The number of hydrogen-bond donors (Lipinski definition) is 2. The van der Waals surface area contributed by atoms with E-state index in [-0.39, 0.29) is 5.91 Å². The van der Waals surface area contributed by atoms with Gasteiger partial charge in [-0.3, -0.25) is 4.79 Å². The van der Waals surface area contributed by atoms with Gasteiger partial charge >= 0.3 is 0 Å². The van der Waals surface area contributed by atoms with Crippen LogP contribution in [0.25, 0.3) is 0 Å². The first-order valence-corrected chi connectivity index (χ1v) is 8.46. The molecule has 5 heteroatoms. The van der Waals surface area contributed by atoms with E-state index in [1.54, 1.807) is 13.0 Å². The SMILES string of the molecule is CCc1cccc(C)c1NC(=O)c1cc(NC(C)CC)nc(C)n1. The van der Waals surface area contributed by atoms with Crippen LogP contribution in [0.2, 0.25) is 0 Å². The highest BCUT2D eigenvalue weighted by Crippen LogP contribution is 2.22. The number of carbonyl (C=O) groups excluding carboxylic acids is 1. The van der Waals surface area contributed by atoms with Crippen LogP contribution in [-0.2, 0) is 6.42 Å². The van der Waals surface area contributed by atoms with E-state index in [2.05, 4.69) is 41.4 Å². The third-order valence-electron chi connectivity index (χ3n) is 4.06. The van der Waals surface area contributed by atoms with Crippen molar-refractivity contribution in [2.45, 2.75) is 53.5 Å². The minimum atomic E-state index is -0.211. The molecule has 0 aliphatic heterocycles. The summed E-state index contributed by atoms with van der Waals surface area (Å²) in [4.78, 5) is 21.3. The zero-order valence-electron chi connectivity index (χ0n) is 15.1. The molecule has 0 bridgehead atoms. The molecule has 0 aliphatic carbocycles. The van der Waals surface area contributed by atoms with Gasteiger partial charge in [-0.2, -0.15) is 0 Å². The summed E-state index contributed by atoms with van der Waals surface area (Å²) in [7, 11) is 0. The fraction of sp³-hybridized carbons (Fsp3) is 0.421. The summed E-state index contributed by atoms with van der Waals surface area (Å²) < 4.78 is 0. The second-order valence-electron chi connectivity index (χ2n) is 6.06. The van der Waals surface area contributed by atoms with Crippen LogP contribution in [0.15, 0.2) is 24.3 Å². The Kier molecular flexibility index (Phi) is 5.90. The van der Waals surface area contributed by atoms with Gasteiger partial charge in [0.2, 0.25) is 0 Å². The molecule has 1 aromatic heterocycles. The highest BCUT2D eigenvalue weighted by molar-refractivity contribution is 6.04. The maximum Gasteiger partial charge on any atom is 0.274 e. The van der Waals surface area contributed by atoms with Gasteiger partial charge in [-0.05, 0) is 44.7 Å². The van der Waals surface area contributed by atoms with Crippen molar-refractivity contribution in [3.8, 4) is 0 Å². The number of para-hydroxylation sites is 1. The smallest absolute Gasteiger partial charge is 0.274 e. The Balaban J connectivity index is 2.27. The van der Waals surface area contributed by atoms with Gasteiger partial charge in [0.1, 0.15) is 17.3 Å². The lowest BCUT2D eigenvalue weighted by atomic mass is 10.1.